The van der Waals surface area contributed by atoms with E-state index in [4.69, 9.17) is 0 Å². The fourth-order valence-electron chi connectivity index (χ4n) is 2.72. The molecule has 0 saturated heterocycles. The van der Waals surface area contributed by atoms with Crippen LogP contribution in [-0.2, 0) is 35.4 Å². The van der Waals surface area contributed by atoms with Gasteiger partial charge in [-0.25, -0.2) is 9.97 Å². The highest BCUT2D eigenvalue weighted by Crippen LogP contribution is 2.07. The molecule has 0 aliphatic heterocycles. The zero-order valence-corrected chi connectivity index (χ0v) is 15.0. The first-order valence-corrected chi connectivity index (χ1v) is 8.89. The van der Waals surface area contributed by atoms with Crippen LogP contribution in [0.5, 0.6) is 0 Å². The Morgan fingerprint density at radius 3 is 2.11 bits per heavy atom. The van der Waals surface area contributed by atoms with E-state index in [1.807, 2.05) is 48.5 Å². The SMILES string of the molecule is O=C(Cc1cc(CCc2ccccc2)ncn1)C(=O)NCc1ccccc1. The molecule has 3 aromatic rings. The van der Waals surface area contributed by atoms with Crippen molar-refractivity contribution in [2.75, 3.05) is 0 Å². The van der Waals surface area contributed by atoms with Gasteiger partial charge in [0.1, 0.15) is 6.33 Å². The molecule has 0 aliphatic rings. The first-order chi connectivity index (χ1) is 13.2. The molecule has 136 valence electrons. The lowest BCUT2D eigenvalue weighted by atomic mass is 10.1. The average molecular weight is 359 g/mol. The van der Waals surface area contributed by atoms with Gasteiger partial charge in [-0.3, -0.25) is 9.59 Å². The van der Waals surface area contributed by atoms with E-state index in [9.17, 15) is 9.59 Å². The predicted octanol–water partition coefficient (Wildman–Crippen LogP) is 2.69. The standard InChI is InChI=1S/C22H21N3O2/c26-21(22(27)23-15-18-9-5-2-6-10-18)14-20-13-19(24-16-25-20)12-11-17-7-3-1-4-8-17/h1-10,13,16H,11-12,14-15H2,(H,23,27). The molecule has 0 atom stereocenters. The zero-order chi connectivity index (χ0) is 18.9. The molecule has 1 amide bonds. The number of carbonyl (C=O) groups excluding carboxylic acids is 2. The van der Waals surface area contributed by atoms with Gasteiger partial charge in [0.25, 0.3) is 5.91 Å². The summed E-state index contributed by atoms with van der Waals surface area (Å²) in [7, 11) is 0. The van der Waals surface area contributed by atoms with Crippen molar-refractivity contribution in [3.63, 3.8) is 0 Å². The number of carbonyl (C=O) groups is 2. The first-order valence-electron chi connectivity index (χ1n) is 8.89. The number of rotatable bonds is 8. The maximum Gasteiger partial charge on any atom is 0.288 e. The first kappa shape index (κ1) is 18.5. The van der Waals surface area contributed by atoms with Gasteiger partial charge in [0.15, 0.2) is 0 Å². The highest BCUT2D eigenvalue weighted by molar-refractivity contribution is 6.36. The van der Waals surface area contributed by atoms with Crippen LogP contribution in [0.15, 0.2) is 73.1 Å². The molecule has 0 spiro atoms. The molecule has 3 rings (SSSR count). The minimum atomic E-state index is -0.594. The smallest absolute Gasteiger partial charge is 0.288 e. The Hall–Kier alpha value is -3.34. The van der Waals surface area contributed by atoms with E-state index in [0.717, 1.165) is 24.1 Å². The van der Waals surface area contributed by atoms with Crippen molar-refractivity contribution in [3.05, 3.63) is 95.6 Å². The van der Waals surface area contributed by atoms with Gasteiger partial charge in [-0.05, 0) is 30.0 Å². The third-order valence-corrected chi connectivity index (χ3v) is 4.18. The summed E-state index contributed by atoms with van der Waals surface area (Å²) in [6.45, 7) is 0.331. The number of aromatic nitrogens is 2. The number of amides is 1. The molecule has 2 aromatic carbocycles. The molecule has 1 aromatic heterocycles. The monoisotopic (exact) mass is 359 g/mol. The summed E-state index contributed by atoms with van der Waals surface area (Å²) in [5.74, 6) is -1.10. The zero-order valence-electron chi connectivity index (χ0n) is 15.0. The van der Waals surface area contributed by atoms with Crippen molar-refractivity contribution < 1.29 is 9.59 Å². The van der Waals surface area contributed by atoms with Crippen LogP contribution in [0.2, 0.25) is 0 Å². The molecule has 0 fully saturated rings. The summed E-state index contributed by atoms with van der Waals surface area (Å²) in [6.07, 6.45) is 3.04. The number of nitrogens with zero attached hydrogens (tertiary/aromatic N) is 2. The molecular weight excluding hydrogens is 338 g/mol. The van der Waals surface area contributed by atoms with Crippen molar-refractivity contribution in [3.8, 4) is 0 Å². The fraction of sp³-hybridized carbons (Fsp3) is 0.182. The van der Waals surface area contributed by atoms with Gasteiger partial charge in [-0.1, -0.05) is 60.7 Å². The van der Waals surface area contributed by atoms with Crippen molar-refractivity contribution in [2.24, 2.45) is 0 Å². The second-order valence-electron chi connectivity index (χ2n) is 6.25. The molecule has 5 heteroatoms. The van der Waals surface area contributed by atoms with Gasteiger partial charge < -0.3 is 5.32 Å². The molecule has 0 aliphatic carbocycles. The van der Waals surface area contributed by atoms with E-state index in [0.29, 0.717) is 12.2 Å². The van der Waals surface area contributed by atoms with Gasteiger partial charge in [0.05, 0.1) is 12.1 Å². The minimum Gasteiger partial charge on any atom is -0.345 e. The van der Waals surface area contributed by atoms with Crippen molar-refractivity contribution in [2.45, 2.75) is 25.8 Å². The Balaban J connectivity index is 1.52. The fourth-order valence-corrected chi connectivity index (χ4v) is 2.72. The number of benzene rings is 2. The average Bonchev–Trinajstić information content (AvgIpc) is 2.72. The Kier molecular flexibility index (Phi) is 6.41. The molecular formula is C22H21N3O2. The van der Waals surface area contributed by atoms with Crippen LogP contribution in [0, 0.1) is 0 Å². The van der Waals surface area contributed by atoms with Crippen LogP contribution in [0.25, 0.3) is 0 Å². The quantitative estimate of drug-likeness (QED) is 0.628. The molecule has 5 nitrogen and oxygen atoms in total. The third-order valence-electron chi connectivity index (χ3n) is 4.18. The van der Waals surface area contributed by atoms with Gasteiger partial charge in [0.2, 0.25) is 5.78 Å². The Morgan fingerprint density at radius 1 is 0.778 bits per heavy atom. The van der Waals surface area contributed by atoms with Gasteiger partial charge >= 0.3 is 0 Å². The Labute approximate surface area is 158 Å². The molecule has 0 saturated carbocycles. The largest absolute Gasteiger partial charge is 0.345 e. The third kappa shape index (κ3) is 5.85. The lowest BCUT2D eigenvalue weighted by molar-refractivity contribution is -0.137. The second-order valence-corrected chi connectivity index (χ2v) is 6.25. The van der Waals surface area contributed by atoms with E-state index in [1.165, 1.54) is 11.9 Å². The van der Waals surface area contributed by atoms with Crippen LogP contribution in [-0.4, -0.2) is 21.7 Å². The number of nitrogens with one attached hydrogen (secondary N) is 1. The molecule has 0 radical (unpaired) electrons. The molecule has 0 bridgehead atoms. The van der Waals surface area contributed by atoms with Gasteiger partial charge in [0, 0.05) is 12.2 Å². The summed E-state index contributed by atoms with van der Waals surface area (Å²) in [5.41, 5.74) is 3.60. The second kappa shape index (κ2) is 9.38. The number of Topliss-reactive ketones (excluding diaryl/α,β-unsaturated/α-hetero) is 1. The molecule has 0 unspecified atom stereocenters. The van der Waals surface area contributed by atoms with E-state index < -0.39 is 11.7 Å². The Morgan fingerprint density at radius 2 is 1.41 bits per heavy atom. The maximum absolute atomic E-state index is 12.2. The van der Waals surface area contributed by atoms with Crippen LogP contribution in [0.4, 0.5) is 0 Å². The lowest BCUT2D eigenvalue weighted by Crippen LogP contribution is -2.31. The summed E-state index contributed by atoms with van der Waals surface area (Å²) in [4.78, 5) is 32.5. The van der Waals surface area contributed by atoms with E-state index >= 15 is 0 Å². The van der Waals surface area contributed by atoms with E-state index in [-0.39, 0.29) is 6.42 Å². The maximum atomic E-state index is 12.2. The number of hydrogen-bond acceptors (Lipinski definition) is 4. The minimum absolute atomic E-state index is 0.0263. The normalized spacial score (nSPS) is 10.4. The number of aryl methyl sites for hydroxylation is 2. The van der Waals surface area contributed by atoms with Crippen LogP contribution in [0.1, 0.15) is 22.5 Å². The van der Waals surface area contributed by atoms with Crippen LogP contribution < -0.4 is 5.32 Å². The summed E-state index contributed by atoms with van der Waals surface area (Å²) < 4.78 is 0. The van der Waals surface area contributed by atoms with E-state index in [2.05, 4.69) is 27.4 Å². The highest BCUT2D eigenvalue weighted by Gasteiger charge is 2.15. The van der Waals surface area contributed by atoms with Crippen molar-refractivity contribution in [1.29, 1.82) is 0 Å². The molecule has 1 heterocycles. The summed E-state index contributed by atoms with van der Waals surface area (Å²) in [5, 5.41) is 2.65. The summed E-state index contributed by atoms with van der Waals surface area (Å²) in [6, 6.07) is 21.4. The van der Waals surface area contributed by atoms with Crippen LogP contribution >= 0.6 is 0 Å². The molecule has 27 heavy (non-hydrogen) atoms. The number of ketones is 1. The van der Waals surface area contributed by atoms with Gasteiger partial charge in [-0.15, -0.1) is 0 Å². The molecule has 1 N–H and O–H groups in total. The van der Waals surface area contributed by atoms with Crippen molar-refractivity contribution >= 4 is 11.7 Å². The highest BCUT2D eigenvalue weighted by atomic mass is 16.2. The topological polar surface area (TPSA) is 72.0 Å². The predicted molar refractivity (Wildman–Crippen MR) is 103 cm³/mol. The van der Waals surface area contributed by atoms with Crippen LogP contribution in [0.3, 0.4) is 0 Å². The number of hydrogen-bond donors (Lipinski definition) is 1. The lowest BCUT2D eigenvalue weighted by Gasteiger charge is -2.06. The Bertz CT molecular complexity index is 896. The summed E-state index contributed by atoms with van der Waals surface area (Å²) >= 11 is 0. The van der Waals surface area contributed by atoms with Gasteiger partial charge in [-0.2, -0.15) is 0 Å². The van der Waals surface area contributed by atoms with E-state index in [1.54, 1.807) is 6.07 Å². The van der Waals surface area contributed by atoms with Crippen molar-refractivity contribution in [1.82, 2.24) is 15.3 Å².